The lowest BCUT2D eigenvalue weighted by Gasteiger charge is -2.26. The summed E-state index contributed by atoms with van der Waals surface area (Å²) in [4.78, 5) is 10.9. The summed E-state index contributed by atoms with van der Waals surface area (Å²) in [6, 6.07) is 7.43. The van der Waals surface area contributed by atoms with Crippen molar-refractivity contribution in [3.05, 3.63) is 34.3 Å². The predicted molar refractivity (Wildman–Crippen MR) is 88.2 cm³/mol. The minimum absolute atomic E-state index is 0.0362. The maximum atomic E-state index is 12.2. The standard InChI is InChI=1S/C15H20BrNO4S/c16-14-4-2-1-3-11(14)9-10-22(20,21)17-13-7-5-12(6-8-13)15(18)19/h1-4,12-13,17H,5-10H2,(H,18,19). The predicted octanol–water partition coefficient (Wildman–Crippen LogP) is 2.55. The fourth-order valence-electron chi connectivity index (χ4n) is 2.72. The van der Waals surface area contributed by atoms with E-state index >= 15 is 0 Å². The van der Waals surface area contributed by atoms with Crippen molar-refractivity contribution in [1.82, 2.24) is 4.72 Å². The van der Waals surface area contributed by atoms with Gasteiger partial charge in [-0.3, -0.25) is 4.79 Å². The molecule has 5 nitrogen and oxygen atoms in total. The first-order valence-electron chi connectivity index (χ1n) is 7.33. The van der Waals surface area contributed by atoms with Gasteiger partial charge in [-0.15, -0.1) is 0 Å². The Balaban J connectivity index is 1.84. The molecule has 0 atom stereocenters. The van der Waals surface area contributed by atoms with Gasteiger partial charge in [0.05, 0.1) is 11.7 Å². The van der Waals surface area contributed by atoms with Crippen molar-refractivity contribution in [2.45, 2.75) is 38.1 Å². The number of sulfonamides is 1. The highest BCUT2D eigenvalue weighted by molar-refractivity contribution is 9.10. The van der Waals surface area contributed by atoms with E-state index in [0.717, 1.165) is 10.0 Å². The highest BCUT2D eigenvalue weighted by atomic mass is 79.9. The van der Waals surface area contributed by atoms with Crippen molar-refractivity contribution in [3.63, 3.8) is 0 Å². The molecule has 0 radical (unpaired) electrons. The molecule has 0 bridgehead atoms. The number of hydrogen-bond donors (Lipinski definition) is 2. The van der Waals surface area contributed by atoms with Crippen LogP contribution in [0.4, 0.5) is 0 Å². The number of halogens is 1. The van der Waals surface area contributed by atoms with E-state index in [0.29, 0.717) is 32.1 Å². The lowest BCUT2D eigenvalue weighted by Crippen LogP contribution is -2.40. The summed E-state index contributed by atoms with van der Waals surface area (Å²) in [6.45, 7) is 0. The molecule has 0 aliphatic heterocycles. The molecule has 0 unspecified atom stereocenters. The molecular formula is C15H20BrNO4S. The highest BCUT2D eigenvalue weighted by Gasteiger charge is 2.28. The van der Waals surface area contributed by atoms with Crippen molar-refractivity contribution in [2.75, 3.05) is 5.75 Å². The fourth-order valence-corrected chi connectivity index (χ4v) is 4.55. The molecule has 0 heterocycles. The molecule has 7 heteroatoms. The van der Waals surface area contributed by atoms with Gasteiger partial charge in [0.2, 0.25) is 10.0 Å². The SMILES string of the molecule is O=C(O)C1CCC(NS(=O)(=O)CCc2ccccc2Br)CC1. The minimum Gasteiger partial charge on any atom is -0.481 e. The first kappa shape index (κ1) is 17.4. The summed E-state index contributed by atoms with van der Waals surface area (Å²) in [5.74, 6) is -1.08. The minimum atomic E-state index is -3.35. The first-order chi connectivity index (χ1) is 10.4. The summed E-state index contributed by atoms with van der Waals surface area (Å²) in [6.07, 6.45) is 2.69. The maximum Gasteiger partial charge on any atom is 0.306 e. The molecule has 2 N–H and O–H groups in total. The molecular weight excluding hydrogens is 370 g/mol. The zero-order valence-corrected chi connectivity index (χ0v) is 14.6. The van der Waals surface area contributed by atoms with E-state index in [2.05, 4.69) is 20.7 Å². The number of aryl methyl sites for hydroxylation is 1. The Morgan fingerprint density at radius 1 is 1.23 bits per heavy atom. The van der Waals surface area contributed by atoms with Gasteiger partial charge in [0, 0.05) is 10.5 Å². The monoisotopic (exact) mass is 389 g/mol. The van der Waals surface area contributed by atoms with Crippen LogP contribution in [0.2, 0.25) is 0 Å². The molecule has 0 aromatic heterocycles. The van der Waals surface area contributed by atoms with Crippen molar-refractivity contribution in [3.8, 4) is 0 Å². The molecule has 122 valence electrons. The second kappa shape index (κ2) is 7.57. The van der Waals surface area contributed by atoms with Gasteiger partial charge in [-0.2, -0.15) is 0 Å². The topological polar surface area (TPSA) is 83.5 Å². The van der Waals surface area contributed by atoms with Gasteiger partial charge in [0.1, 0.15) is 0 Å². The number of hydrogen-bond acceptors (Lipinski definition) is 3. The van der Waals surface area contributed by atoms with Gasteiger partial charge in [0.15, 0.2) is 0 Å². The average Bonchev–Trinajstić information content (AvgIpc) is 2.46. The molecule has 1 saturated carbocycles. The van der Waals surface area contributed by atoms with Crippen LogP contribution in [0.15, 0.2) is 28.7 Å². The Bertz CT molecular complexity index is 624. The molecule has 1 aromatic carbocycles. The van der Waals surface area contributed by atoms with Crippen molar-refractivity contribution < 1.29 is 18.3 Å². The maximum absolute atomic E-state index is 12.2. The molecule has 1 aliphatic carbocycles. The van der Waals surface area contributed by atoms with Crippen LogP contribution in [-0.4, -0.2) is 31.3 Å². The molecule has 0 saturated heterocycles. The van der Waals surface area contributed by atoms with E-state index in [1.165, 1.54) is 0 Å². The van der Waals surface area contributed by atoms with Crippen LogP contribution < -0.4 is 4.72 Å². The molecule has 1 aliphatic rings. The number of benzene rings is 1. The molecule has 1 aromatic rings. The van der Waals surface area contributed by atoms with Crippen LogP contribution in [0.1, 0.15) is 31.2 Å². The second-order valence-electron chi connectivity index (χ2n) is 5.66. The quantitative estimate of drug-likeness (QED) is 0.782. The zero-order valence-electron chi connectivity index (χ0n) is 12.2. The van der Waals surface area contributed by atoms with Crippen LogP contribution >= 0.6 is 15.9 Å². The van der Waals surface area contributed by atoms with Crippen molar-refractivity contribution in [1.29, 1.82) is 0 Å². The number of carbonyl (C=O) groups is 1. The third-order valence-electron chi connectivity index (χ3n) is 4.02. The third-order valence-corrected chi connectivity index (χ3v) is 6.23. The van der Waals surface area contributed by atoms with Gasteiger partial charge < -0.3 is 5.11 Å². The molecule has 0 spiro atoms. The van der Waals surface area contributed by atoms with Crippen LogP contribution in [-0.2, 0) is 21.2 Å². The van der Waals surface area contributed by atoms with Gasteiger partial charge in [-0.05, 0) is 43.7 Å². The Morgan fingerprint density at radius 3 is 2.45 bits per heavy atom. The number of rotatable bonds is 6. The van der Waals surface area contributed by atoms with Crippen LogP contribution in [0.3, 0.4) is 0 Å². The average molecular weight is 390 g/mol. The van der Waals surface area contributed by atoms with Crippen LogP contribution in [0.5, 0.6) is 0 Å². The molecule has 0 amide bonds. The van der Waals surface area contributed by atoms with Crippen LogP contribution in [0.25, 0.3) is 0 Å². The lowest BCUT2D eigenvalue weighted by molar-refractivity contribution is -0.142. The molecule has 2 rings (SSSR count). The second-order valence-corrected chi connectivity index (χ2v) is 8.39. The third kappa shape index (κ3) is 5.07. The Kier molecular flexibility index (Phi) is 6.00. The van der Waals surface area contributed by atoms with Gasteiger partial charge in [0.25, 0.3) is 0 Å². The van der Waals surface area contributed by atoms with Crippen LogP contribution in [0, 0.1) is 5.92 Å². The van der Waals surface area contributed by atoms with E-state index in [1.54, 1.807) is 0 Å². The van der Waals surface area contributed by atoms with E-state index in [9.17, 15) is 13.2 Å². The molecule has 22 heavy (non-hydrogen) atoms. The van der Waals surface area contributed by atoms with E-state index in [4.69, 9.17) is 5.11 Å². The first-order valence-corrected chi connectivity index (χ1v) is 9.78. The fraction of sp³-hybridized carbons (Fsp3) is 0.533. The van der Waals surface area contributed by atoms with Gasteiger partial charge in [-0.25, -0.2) is 13.1 Å². The van der Waals surface area contributed by atoms with E-state index in [1.807, 2.05) is 24.3 Å². The summed E-state index contributed by atoms with van der Waals surface area (Å²) >= 11 is 3.41. The summed E-state index contributed by atoms with van der Waals surface area (Å²) in [7, 11) is -3.35. The largest absolute Gasteiger partial charge is 0.481 e. The Labute approximate surface area is 139 Å². The van der Waals surface area contributed by atoms with Gasteiger partial charge >= 0.3 is 5.97 Å². The number of aliphatic carboxylic acids is 1. The number of carboxylic acids is 1. The van der Waals surface area contributed by atoms with E-state index < -0.39 is 16.0 Å². The number of carboxylic acid groups (broad SMARTS) is 1. The Morgan fingerprint density at radius 2 is 1.86 bits per heavy atom. The normalized spacial score (nSPS) is 22.4. The number of nitrogens with one attached hydrogen (secondary N) is 1. The Hall–Kier alpha value is -0.920. The van der Waals surface area contributed by atoms with Gasteiger partial charge in [-0.1, -0.05) is 34.1 Å². The zero-order chi connectivity index (χ0) is 16.2. The lowest BCUT2D eigenvalue weighted by atomic mass is 9.87. The highest BCUT2D eigenvalue weighted by Crippen LogP contribution is 2.25. The van der Waals surface area contributed by atoms with E-state index in [-0.39, 0.29) is 17.7 Å². The van der Waals surface area contributed by atoms with Crippen molar-refractivity contribution >= 4 is 31.9 Å². The summed E-state index contributed by atoms with van der Waals surface area (Å²) in [5, 5.41) is 8.95. The van der Waals surface area contributed by atoms with Crippen molar-refractivity contribution in [2.24, 2.45) is 5.92 Å². The smallest absolute Gasteiger partial charge is 0.306 e. The molecule has 1 fully saturated rings. The summed E-state index contributed by atoms with van der Waals surface area (Å²) in [5.41, 5.74) is 0.961. The summed E-state index contributed by atoms with van der Waals surface area (Å²) < 4.78 is 27.9.